The van der Waals surface area contributed by atoms with E-state index >= 15 is 0 Å². The first-order valence-corrected chi connectivity index (χ1v) is 7.13. The Hall–Kier alpha value is -1.75. The molecule has 1 fully saturated rings. The second-order valence-corrected chi connectivity index (χ2v) is 4.68. The molecule has 1 aliphatic heterocycles. The average molecular weight is 278 g/mol. The lowest BCUT2D eigenvalue weighted by Gasteiger charge is -2.20. The van der Waals surface area contributed by atoms with Gasteiger partial charge in [-0.25, -0.2) is 0 Å². The topological polar surface area (TPSA) is 50.8 Å². The van der Waals surface area contributed by atoms with E-state index < -0.39 is 0 Å². The van der Waals surface area contributed by atoms with Crippen molar-refractivity contribution in [2.24, 2.45) is 0 Å². The van der Waals surface area contributed by atoms with E-state index in [1.165, 1.54) is 0 Å². The van der Waals surface area contributed by atoms with Crippen LogP contribution in [0.15, 0.2) is 24.3 Å². The molecule has 0 bridgehead atoms. The van der Waals surface area contributed by atoms with Gasteiger partial charge >= 0.3 is 0 Å². The highest BCUT2D eigenvalue weighted by atomic mass is 16.5. The molecule has 5 heteroatoms. The lowest BCUT2D eigenvalue weighted by atomic mass is 10.3. The Kier molecular flexibility index (Phi) is 5.68. The minimum Gasteiger partial charge on any atom is -0.494 e. The molecule has 5 nitrogen and oxygen atoms in total. The molecule has 1 heterocycles. The third-order valence-corrected chi connectivity index (χ3v) is 3.17. The summed E-state index contributed by atoms with van der Waals surface area (Å²) in [6, 6.07) is 7.37. The largest absolute Gasteiger partial charge is 0.494 e. The molecular formula is C15H22N2O3. The standard InChI is InChI=1S/C15H22N2O3/c1-2-19-13-5-3-6-14(11-13)20-12-15(18)17-9-4-7-16-8-10-17/h3,5-6,11,16H,2,4,7-10,12H2,1H3. The van der Waals surface area contributed by atoms with Crippen molar-refractivity contribution in [3.63, 3.8) is 0 Å². The van der Waals surface area contributed by atoms with Crippen molar-refractivity contribution in [1.82, 2.24) is 10.2 Å². The number of benzene rings is 1. The van der Waals surface area contributed by atoms with Gasteiger partial charge in [-0.05, 0) is 32.0 Å². The molecule has 2 rings (SSSR count). The van der Waals surface area contributed by atoms with Gasteiger partial charge in [0.15, 0.2) is 6.61 Å². The monoisotopic (exact) mass is 278 g/mol. The molecule has 0 aliphatic carbocycles. The fourth-order valence-electron chi connectivity index (χ4n) is 2.15. The molecule has 1 amide bonds. The van der Waals surface area contributed by atoms with Crippen LogP contribution in [0.25, 0.3) is 0 Å². The maximum Gasteiger partial charge on any atom is 0.260 e. The summed E-state index contributed by atoms with van der Waals surface area (Å²) in [5, 5.41) is 3.28. The average Bonchev–Trinajstić information content (AvgIpc) is 2.75. The Morgan fingerprint density at radius 3 is 2.85 bits per heavy atom. The first-order chi connectivity index (χ1) is 9.79. The van der Waals surface area contributed by atoms with Gasteiger partial charge in [-0.3, -0.25) is 4.79 Å². The zero-order chi connectivity index (χ0) is 14.2. The van der Waals surface area contributed by atoms with Crippen molar-refractivity contribution in [2.75, 3.05) is 39.4 Å². The van der Waals surface area contributed by atoms with E-state index in [1.807, 2.05) is 30.0 Å². The molecule has 0 atom stereocenters. The normalized spacial score (nSPS) is 15.6. The van der Waals surface area contributed by atoms with Crippen LogP contribution in [0.2, 0.25) is 0 Å². The Morgan fingerprint density at radius 2 is 2.05 bits per heavy atom. The van der Waals surface area contributed by atoms with Gasteiger partial charge in [0, 0.05) is 25.7 Å². The predicted octanol–water partition coefficient (Wildman–Crippen LogP) is 1.29. The number of amides is 1. The number of hydrogen-bond acceptors (Lipinski definition) is 4. The first-order valence-electron chi connectivity index (χ1n) is 7.13. The Bertz CT molecular complexity index is 429. The van der Waals surface area contributed by atoms with E-state index in [9.17, 15) is 4.79 Å². The van der Waals surface area contributed by atoms with Gasteiger partial charge in [-0.1, -0.05) is 6.07 Å². The predicted molar refractivity (Wildman–Crippen MR) is 77.2 cm³/mol. The summed E-state index contributed by atoms with van der Waals surface area (Å²) in [7, 11) is 0. The molecule has 110 valence electrons. The highest BCUT2D eigenvalue weighted by molar-refractivity contribution is 5.77. The Balaban J connectivity index is 1.84. The number of nitrogens with zero attached hydrogens (tertiary/aromatic N) is 1. The van der Waals surface area contributed by atoms with Crippen LogP contribution in [0.3, 0.4) is 0 Å². The van der Waals surface area contributed by atoms with Gasteiger partial charge in [0.2, 0.25) is 0 Å². The second-order valence-electron chi connectivity index (χ2n) is 4.68. The molecule has 0 radical (unpaired) electrons. The Morgan fingerprint density at radius 1 is 1.25 bits per heavy atom. The van der Waals surface area contributed by atoms with Gasteiger partial charge in [0.25, 0.3) is 5.91 Å². The van der Waals surface area contributed by atoms with Crippen LogP contribution in [0.1, 0.15) is 13.3 Å². The van der Waals surface area contributed by atoms with Crippen LogP contribution in [0.5, 0.6) is 11.5 Å². The summed E-state index contributed by atoms with van der Waals surface area (Å²) in [6.45, 7) is 6.01. The number of carbonyl (C=O) groups excluding carboxylic acids is 1. The van der Waals surface area contributed by atoms with E-state index in [1.54, 1.807) is 6.07 Å². The third-order valence-electron chi connectivity index (χ3n) is 3.17. The van der Waals surface area contributed by atoms with E-state index in [-0.39, 0.29) is 12.5 Å². The van der Waals surface area contributed by atoms with Crippen molar-refractivity contribution in [3.05, 3.63) is 24.3 Å². The minimum absolute atomic E-state index is 0.0375. The third kappa shape index (κ3) is 4.42. The quantitative estimate of drug-likeness (QED) is 0.881. The molecule has 0 spiro atoms. The second kappa shape index (κ2) is 7.75. The van der Waals surface area contributed by atoms with E-state index in [0.717, 1.165) is 38.3 Å². The van der Waals surface area contributed by atoms with Gasteiger partial charge in [-0.15, -0.1) is 0 Å². The van der Waals surface area contributed by atoms with Crippen LogP contribution in [0, 0.1) is 0 Å². The Labute approximate surface area is 119 Å². The summed E-state index contributed by atoms with van der Waals surface area (Å²) in [4.78, 5) is 13.9. The van der Waals surface area contributed by atoms with Crippen molar-refractivity contribution in [1.29, 1.82) is 0 Å². The highest BCUT2D eigenvalue weighted by Gasteiger charge is 2.15. The molecule has 1 saturated heterocycles. The fourth-order valence-corrected chi connectivity index (χ4v) is 2.15. The summed E-state index contributed by atoms with van der Waals surface area (Å²) >= 11 is 0. The van der Waals surface area contributed by atoms with E-state index in [4.69, 9.17) is 9.47 Å². The van der Waals surface area contributed by atoms with Crippen LogP contribution < -0.4 is 14.8 Å². The van der Waals surface area contributed by atoms with Crippen LogP contribution in [-0.2, 0) is 4.79 Å². The lowest BCUT2D eigenvalue weighted by molar-refractivity contribution is -0.133. The molecule has 1 aromatic carbocycles. The smallest absolute Gasteiger partial charge is 0.260 e. The van der Waals surface area contributed by atoms with E-state index in [2.05, 4.69) is 5.32 Å². The zero-order valence-corrected chi connectivity index (χ0v) is 11.9. The van der Waals surface area contributed by atoms with Crippen LogP contribution >= 0.6 is 0 Å². The molecule has 1 aliphatic rings. The summed E-state index contributed by atoms with van der Waals surface area (Å²) < 4.78 is 11.0. The maximum absolute atomic E-state index is 12.1. The zero-order valence-electron chi connectivity index (χ0n) is 11.9. The summed E-state index contributed by atoms with van der Waals surface area (Å²) in [5.74, 6) is 1.46. The van der Waals surface area contributed by atoms with Gasteiger partial charge < -0.3 is 19.7 Å². The van der Waals surface area contributed by atoms with Crippen molar-refractivity contribution in [3.8, 4) is 11.5 Å². The van der Waals surface area contributed by atoms with Crippen molar-refractivity contribution >= 4 is 5.91 Å². The molecule has 1 N–H and O–H groups in total. The van der Waals surface area contributed by atoms with Gasteiger partial charge in [0.1, 0.15) is 11.5 Å². The lowest BCUT2D eigenvalue weighted by Crippen LogP contribution is -2.37. The van der Waals surface area contributed by atoms with E-state index in [0.29, 0.717) is 12.4 Å². The molecular weight excluding hydrogens is 256 g/mol. The molecule has 0 aromatic heterocycles. The van der Waals surface area contributed by atoms with Crippen molar-refractivity contribution in [2.45, 2.75) is 13.3 Å². The minimum atomic E-state index is 0.0375. The van der Waals surface area contributed by atoms with Gasteiger partial charge in [-0.2, -0.15) is 0 Å². The SMILES string of the molecule is CCOc1cccc(OCC(=O)N2CCCNCC2)c1. The molecule has 20 heavy (non-hydrogen) atoms. The fraction of sp³-hybridized carbons (Fsp3) is 0.533. The van der Waals surface area contributed by atoms with Crippen molar-refractivity contribution < 1.29 is 14.3 Å². The van der Waals surface area contributed by atoms with Crippen LogP contribution in [-0.4, -0.2) is 50.2 Å². The number of carbonyl (C=O) groups is 1. The number of nitrogens with one attached hydrogen (secondary N) is 1. The number of rotatable bonds is 5. The summed E-state index contributed by atoms with van der Waals surface area (Å²) in [6.07, 6.45) is 0.992. The number of ether oxygens (including phenoxy) is 2. The molecule has 1 aromatic rings. The molecule has 0 saturated carbocycles. The maximum atomic E-state index is 12.1. The van der Waals surface area contributed by atoms with Gasteiger partial charge in [0.05, 0.1) is 6.61 Å². The highest BCUT2D eigenvalue weighted by Crippen LogP contribution is 2.19. The summed E-state index contributed by atoms with van der Waals surface area (Å²) in [5.41, 5.74) is 0. The first kappa shape index (κ1) is 14.7. The van der Waals surface area contributed by atoms with Crippen LogP contribution in [0.4, 0.5) is 0 Å². The number of hydrogen-bond donors (Lipinski definition) is 1. The molecule has 0 unspecified atom stereocenters.